The second-order valence-electron chi connectivity index (χ2n) is 5.63. The van der Waals surface area contributed by atoms with Crippen LogP contribution in [-0.4, -0.2) is 30.5 Å². The molecular weight excluding hydrogens is 307 g/mol. The number of nitrogens with one attached hydrogen (secondary N) is 1. The minimum atomic E-state index is -1.27. The number of carboxylic acid groups (broad SMARTS) is 1. The summed E-state index contributed by atoms with van der Waals surface area (Å²) in [4.78, 5) is 23.5. The molecule has 0 unspecified atom stereocenters. The van der Waals surface area contributed by atoms with Crippen LogP contribution in [0.4, 0.5) is 4.79 Å². The van der Waals surface area contributed by atoms with Gasteiger partial charge in [-0.2, -0.15) is 0 Å². The summed E-state index contributed by atoms with van der Waals surface area (Å²) in [5.74, 6) is -1.27. The Bertz CT molecular complexity index is 548. The molecule has 0 aromatic heterocycles. The quantitative estimate of drug-likeness (QED) is 0.651. The van der Waals surface area contributed by atoms with Gasteiger partial charge in [-0.15, -0.1) is 0 Å². The largest absolute Gasteiger partial charge is 1.00 e. The van der Waals surface area contributed by atoms with E-state index in [4.69, 9.17) is 0 Å². The monoisotopic (exact) mass is 328 g/mol. The number of carbonyl (C=O) groups is 2. The standard InChI is InChI=1S/C16H22N2O3.K/c1-11(17-16(21)18(2)10-15(19)20)13-8-7-12-5-3-4-6-14(12)9-13;/h7-9,11H,3-6,10H2,1-2H3,(H,17,21)(H,19,20);/q;+1/p-1/t11-;/m0./s1. The van der Waals surface area contributed by atoms with Crippen LogP contribution in [0.5, 0.6) is 0 Å². The van der Waals surface area contributed by atoms with Gasteiger partial charge < -0.3 is 20.1 Å². The second-order valence-corrected chi connectivity index (χ2v) is 5.63. The Hall–Kier alpha value is -0.404. The molecule has 22 heavy (non-hydrogen) atoms. The zero-order chi connectivity index (χ0) is 15.4. The van der Waals surface area contributed by atoms with Crippen LogP contribution >= 0.6 is 0 Å². The van der Waals surface area contributed by atoms with Crippen molar-refractivity contribution >= 4 is 12.0 Å². The van der Waals surface area contributed by atoms with Crippen LogP contribution in [0.2, 0.25) is 0 Å². The first-order valence-electron chi connectivity index (χ1n) is 7.30. The van der Waals surface area contributed by atoms with Gasteiger partial charge in [0.1, 0.15) is 0 Å². The summed E-state index contributed by atoms with van der Waals surface area (Å²) < 4.78 is 0. The van der Waals surface area contributed by atoms with Gasteiger partial charge >= 0.3 is 57.4 Å². The maximum Gasteiger partial charge on any atom is 1.00 e. The van der Waals surface area contributed by atoms with Gasteiger partial charge in [0, 0.05) is 7.05 Å². The molecule has 0 saturated carbocycles. The van der Waals surface area contributed by atoms with E-state index >= 15 is 0 Å². The van der Waals surface area contributed by atoms with Crippen LogP contribution in [0.3, 0.4) is 0 Å². The number of hydrogen-bond acceptors (Lipinski definition) is 3. The van der Waals surface area contributed by atoms with Crippen LogP contribution in [0.25, 0.3) is 0 Å². The number of benzene rings is 1. The summed E-state index contributed by atoms with van der Waals surface area (Å²) in [6.45, 7) is 1.48. The van der Waals surface area contributed by atoms with E-state index in [1.807, 2.05) is 13.0 Å². The fraction of sp³-hybridized carbons (Fsp3) is 0.500. The van der Waals surface area contributed by atoms with Gasteiger partial charge in [-0.1, -0.05) is 18.2 Å². The third-order valence-corrected chi connectivity index (χ3v) is 3.93. The van der Waals surface area contributed by atoms with Gasteiger partial charge in [-0.05, 0) is 49.3 Å². The smallest absolute Gasteiger partial charge is 0.548 e. The molecule has 0 bridgehead atoms. The molecule has 1 aromatic carbocycles. The maximum atomic E-state index is 11.9. The third-order valence-electron chi connectivity index (χ3n) is 3.93. The Labute approximate surface area is 173 Å². The molecule has 0 heterocycles. The first-order chi connectivity index (χ1) is 9.97. The van der Waals surface area contributed by atoms with Crippen molar-refractivity contribution in [2.45, 2.75) is 38.6 Å². The first kappa shape index (κ1) is 19.6. The number of carboxylic acids is 1. The van der Waals surface area contributed by atoms with E-state index in [0.717, 1.165) is 23.3 Å². The Kier molecular flexibility index (Phi) is 8.06. The van der Waals surface area contributed by atoms with Crippen molar-refractivity contribution in [3.05, 3.63) is 34.9 Å². The van der Waals surface area contributed by atoms with E-state index in [2.05, 4.69) is 17.4 Å². The molecule has 1 aliphatic carbocycles. The van der Waals surface area contributed by atoms with Crippen molar-refractivity contribution in [3.63, 3.8) is 0 Å². The van der Waals surface area contributed by atoms with E-state index in [-0.39, 0.29) is 57.4 Å². The first-order valence-corrected chi connectivity index (χ1v) is 7.30. The summed E-state index contributed by atoms with van der Waals surface area (Å²) in [6, 6.07) is 5.75. The minimum Gasteiger partial charge on any atom is -0.548 e. The number of rotatable bonds is 4. The van der Waals surface area contributed by atoms with Crippen LogP contribution in [0.1, 0.15) is 42.5 Å². The van der Waals surface area contributed by atoms with Gasteiger partial charge in [-0.3, -0.25) is 0 Å². The van der Waals surface area contributed by atoms with Crippen LogP contribution in [-0.2, 0) is 17.6 Å². The van der Waals surface area contributed by atoms with Crippen LogP contribution in [0.15, 0.2) is 18.2 Å². The Morgan fingerprint density at radius 1 is 1.27 bits per heavy atom. The van der Waals surface area contributed by atoms with Gasteiger partial charge in [0.2, 0.25) is 0 Å². The van der Waals surface area contributed by atoms with Gasteiger partial charge in [0.25, 0.3) is 0 Å². The molecule has 1 aliphatic rings. The molecule has 0 saturated heterocycles. The number of aryl methyl sites for hydroxylation is 2. The van der Waals surface area contributed by atoms with E-state index in [0.29, 0.717) is 0 Å². The molecule has 0 radical (unpaired) electrons. The summed E-state index contributed by atoms with van der Waals surface area (Å²) in [5, 5.41) is 13.3. The van der Waals surface area contributed by atoms with Crippen molar-refractivity contribution in [2.75, 3.05) is 13.6 Å². The molecular formula is C16H21KN2O3. The number of likely N-dealkylation sites (N-methyl/N-ethyl adjacent to an activating group) is 1. The SMILES string of the molecule is C[C@H](NC(=O)N(C)CC(=O)[O-])c1ccc2c(c1)CCCC2.[K+]. The predicted octanol–water partition coefficient (Wildman–Crippen LogP) is -1.98. The predicted molar refractivity (Wildman–Crippen MR) is 77.7 cm³/mol. The molecule has 5 nitrogen and oxygen atoms in total. The van der Waals surface area contributed by atoms with E-state index in [1.54, 1.807) is 0 Å². The fourth-order valence-electron chi connectivity index (χ4n) is 2.67. The molecule has 6 heteroatoms. The normalized spacial score (nSPS) is 14.3. The number of carbonyl (C=O) groups excluding carboxylic acids is 2. The Morgan fingerprint density at radius 2 is 1.91 bits per heavy atom. The second kappa shape index (κ2) is 9.03. The minimum absolute atomic E-state index is 0. The van der Waals surface area contributed by atoms with Crippen molar-refractivity contribution in [1.29, 1.82) is 0 Å². The van der Waals surface area contributed by atoms with E-state index in [9.17, 15) is 14.7 Å². The molecule has 0 fully saturated rings. The van der Waals surface area contributed by atoms with Gasteiger partial charge in [0.05, 0.1) is 18.6 Å². The van der Waals surface area contributed by atoms with Gasteiger partial charge in [0.15, 0.2) is 0 Å². The molecule has 1 atom stereocenters. The number of amides is 2. The summed E-state index contributed by atoms with van der Waals surface area (Å²) in [5.41, 5.74) is 3.81. The van der Waals surface area contributed by atoms with Gasteiger partial charge in [-0.25, -0.2) is 4.79 Å². The zero-order valence-electron chi connectivity index (χ0n) is 13.5. The Morgan fingerprint density at radius 3 is 2.55 bits per heavy atom. The molecule has 1 N–H and O–H groups in total. The van der Waals surface area contributed by atoms with Crippen molar-refractivity contribution in [2.24, 2.45) is 0 Å². The number of nitrogens with zero attached hydrogens (tertiary/aromatic N) is 1. The molecule has 114 valence electrons. The average Bonchev–Trinajstić information content (AvgIpc) is 2.45. The number of hydrogen-bond donors (Lipinski definition) is 1. The van der Waals surface area contributed by atoms with E-state index < -0.39 is 18.5 Å². The molecule has 0 aliphatic heterocycles. The Balaban J connectivity index is 0.00000242. The summed E-state index contributed by atoms with van der Waals surface area (Å²) in [7, 11) is 1.44. The molecule has 0 spiro atoms. The third kappa shape index (κ3) is 5.35. The average molecular weight is 328 g/mol. The zero-order valence-corrected chi connectivity index (χ0v) is 16.6. The topological polar surface area (TPSA) is 72.5 Å². The number of urea groups is 1. The van der Waals surface area contributed by atoms with E-state index in [1.165, 1.54) is 31.0 Å². The maximum absolute atomic E-state index is 11.9. The number of aliphatic carboxylic acids is 1. The summed E-state index contributed by atoms with van der Waals surface area (Å²) in [6.07, 6.45) is 4.68. The van der Waals surface area contributed by atoms with Crippen LogP contribution < -0.4 is 61.8 Å². The van der Waals surface area contributed by atoms with Crippen molar-refractivity contribution in [1.82, 2.24) is 10.2 Å². The van der Waals surface area contributed by atoms with Crippen molar-refractivity contribution < 1.29 is 66.1 Å². The molecule has 2 rings (SSSR count). The molecule has 2 amide bonds. The van der Waals surface area contributed by atoms with Crippen LogP contribution in [0, 0.1) is 0 Å². The number of fused-ring (bicyclic) bond motifs is 1. The molecule has 1 aromatic rings. The summed E-state index contributed by atoms with van der Waals surface area (Å²) >= 11 is 0. The fourth-order valence-corrected chi connectivity index (χ4v) is 2.67. The van der Waals surface area contributed by atoms with Crippen molar-refractivity contribution in [3.8, 4) is 0 Å².